The molecule has 2 amide bonds. The van der Waals surface area contributed by atoms with Crippen molar-refractivity contribution in [1.82, 2.24) is 5.32 Å². The molecule has 1 atom stereocenters. The van der Waals surface area contributed by atoms with E-state index in [1.165, 1.54) is 6.07 Å². The molecule has 0 aromatic heterocycles. The van der Waals surface area contributed by atoms with E-state index in [-0.39, 0.29) is 25.5 Å². The van der Waals surface area contributed by atoms with Gasteiger partial charge in [-0.25, -0.2) is 9.18 Å². The molecule has 0 radical (unpaired) electrons. The number of esters is 1. The largest absolute Gasteiger partial charge is 0.489 e. The fraction of sp³-hybridized carbons (Fsp3) is 0.138. The number of rotatable bonds is 8. The van der Waals surface area contributed by atoms with E-state index in [9.17, 15) is 18.8 Å². The highest BCUT2D eigenvalue weighted by Gasteiger charge is 2.55. The number of halogens is 1. The van der Waals surface area contributed by atoms with E-state index in [0.717, 1.165) is 16.3 Å². The predicted octanol–water partition coefficient (Wildman–Crippen LogP) is 5.57. The number of carbonyl (C=O) groups excluding carboxylic acids is 3. The van der Waals surface area contributed by atoms with Gasteiger partial charge in [-0.05, 0) is 51.9 Å². The van der Waals surface area contributed by atoms with E-state index in [4.69, 9.17) is 9.47 Å². The average Bonchev–Trinajstić information content (AvgIpc) is 3.20. The molecule has 0 aliphatic carbocycles. The van der Waals surface area contributed by atoms with Gasteiger partial charge in [-0.1, -0.05) is 72.8 Å². The van der Waals surface area contributed by atoms with Gasteiger partial charge in [0.1, 0.15) is 24.8 Å². The number of carbonyl (C=O) groups is 3. The van der Waals surface area contributed by atoms with Crippen molar-refractivity contribution in [3.63, 3.8) is 0 Å². The lowest BCUT2D eigenvalue weighted by atomic mass is 9.95. The number of hydrogen-bond acceptors (Lipinski definition) is 6. The van der Waals surface area contributed by atoms with Crippen molar-refractivity contribution >= 4 is 39.7 Å². The molecule has 1 saturated heterocycles. The van der Waals surface area contributed by atoms with Crippen LogP contribution in [0.15, 0.2) is 91.0 Å². The van der Waals surface area contributed by atoms with Crippen molar-refractivity contribution < 1.29 is 28.2 Å². The van der Waals surface area contributed by atoms with Crippen LogP contribution < -0.4 is 10.1 Å². The minimum absolute atomic E-state index is 0.00314. The number of benzene rings is 4. The van der Waals surface area contributed by atoms with Gasteiger partial charge in [-0.3, -0.25) is 14.9 Å². The van der Waals surface area contributed by atoms with Crippen molar-refractivity contribution in [3.05, 3.63) is 114 Å². The summed E-state index contributed by atoms with van der Waals surface area (Å²) in [6.45, 7) is 0.0983. The van der Waals surface area contributed by atoms with Gasteiger partial charge in [0.15, 0.2) is 0 Å². The van der Waals surface area contributed by atoms with E-state index in [0.29, 0.717) is 28.6 Å². The van der Waals surface area contributed by atoms with E-state index >= 15 is 0 Å². The zero-order valence-electron chi connectivity index (χ0n) is 19.6. The molecule has 1 aliphatic rings. The maximum atomic E-state index is 13.9. The Morgan fingerprint density at radius 1 is 0.838 bits per heavy atom. The van der Waals surface area contributed by atoms with E-state index < -0.39 is 21.9 Å². The Bertz CT molecular complexity index is 1490. The Kier molecular flexibility index (Phi) is 6.92. The highest BCUT2D eigenvalue weighted by atomic mass is 32.2. The highest BCUT2D eigenvalue weighted by molar-refractivity contribution is 8.16. The van der Waals surface area contributed by atoms with Gasteiger partial charge in [-0.15, -0.1) is 0 Å². The van der Waals surface area contributed by atoms with E-state index in [1.807, 2.05) is 54.6 Å². The molecule has 1 heterocycles. The van der Waals surface area contributed by atoms with Crippen LogP contribution in [0.4, 0.5) is 9.18 Å². The van der Waals surface area contributed by atoms with Crippen molar-refractivity contribution in [2.24, 2.45) is 0 Å². The first kappa shape index (κ1) is 24.5. The first-order valence-corrected chi connectivity index (χ1v) is 12.4. The second-order valence-corrected chi connectivity index (χ2v) is 9.90. The minimum Gasteiger partial charge on any atom is -0.489 e. The molecule has 4 aromatic rings. The summed E-state index contributed by atoms with van der Waals surface area (Å²) in [7, 11) is 0. The van der Waals surface area contributed by atoms with Crippen molar-refractivity contribution in [3.8, 4) is 5.75 Å². The van der Waals surface area contributed by atoms with Crippen molar-refractivity contribution in [2.75, 3.05) is 0 Å². The first-order chi connectivity index (χ1) is 17.9. The summed E-state index contributed by atoms with van der Waals surface area (Å²) >= 11 is 0.648. The topological polar surface area (TPSA) is 81.7 Å². The number of fused-ring (bicyclic) bond motifs is 1. The van der Waals surface area contributed by atoms with Crippen molar-refractivity contribution in [1.29, 1.82) is 0 Å². The summed E-state index contributed by atoms with van der Waals surface area (Å²) in [6.07, 6.45) is -0.00958. The van der Waals surface area contributed by atoms with Gasteiger partial charge >= 0.3 is 5.97 Å². The van der Waals surface area contributed by atoms with Gasteiger partial charge in [-0.2, -0.15) is 0 Å². The van der Waals surface area contributed by atoms with Gasteiger partial charge in [0.05, 0.1) is 0 Å². The zero-order chi connectivity index (χ0) is 25.8. The molecule has 1 fully saturated rings. The van der Waals surface area contributed by atoms with Crippen LogP contribution in [0.5, 0.6) is 5.75 Å². The van der Waals surface area contributed by atoms with Crippen LogP contribution in [0.25, 0.3) is 10.8 Å². The van der Waals surface area contributed by atoms with Gasteiger partial charge in [0.2, 0.25) is 4.75 Å². The molecular formula is C29H22FNO5S. The number of imide groups is 1. The Labute approximate surface area is 216 Å². The Morgan fingerprint density at radius 2 is 1.57 bits per heavy atom. The molecule has 1 N–H and O–H groups in total. The number of ether oxygens (including phenoxy) is 2. The van der Waals surface area contributed by atoms with E-state index in [1.54, 1.807) is 30.3 Å². The molecule has 0 unspecified atom stereocenters. The Morgan fingerprint density at radius 3 is 2.32 bits per heavy atom. The molecule has 0 bridgehead atoms. The Balaban J connectivity index is 1.33. The second kappa shape index (κ2) is 10.4. The van der Waals surface area contributed by atoms with Crippen LogP contribution in [0.2, 0.25) is 0 Å². The van der Waals surface area contributed by atoms with Crippen LogP contribution in [0.1, 0.15) is 16.7 Å². The lowest BCUT2D eigenvalue weighted by molar-refractivity contribution is -0.150. The number of hydrogen-bond donors (Lipinski definition) is 1. The van der Waals surface area contributed by atoms with Crippen LogP contribution in [0.3, 0.4) is 0 Å². The maximum absolute atomic E-state index is 13.9. The van der Waals surface area contributed by atoms with Gasteiger partial charge in [0, 0.05) is 12.0 Å². The molecule has 1 aliphatic heterocycles. The minimum atomic E-state index is -1.71. The lowest BCUT2D eigenvalue weighted by Gasteiger charge is -2.22. The second-order valence-electron chi connectivity index (χ2n) is 8.63. The predicted molar refractivity (Wildman–Crippen MR) is 138 cm³/mol. The summed E-state index contributed by atoms with van der Waals surface area (Å²) in [4.78, 5) is 38.0. The summed E-state index contributed by atoms with van der Waals surface area (Å²) in [6, 6.07) is 26.5. The molecule has 0 spiro atoms. The third-order valence-corrected chi connectivity index (χ3v) is 7.21. The molecular weight excluding hydrogens is 493 g/mol. The van der Waals surface area contributed by atoms with Crippen LogP contribution in [-0.2, 0) is 34.0 Å². The normalized spacial score (nSPS) is 17.0. The standard InChI is InChI=1S/C29H22FNO5S/c30-25-9-5-4-8-23(25)18-35-24-13-12-21-14-20(10-11-22(21)15-24)16-29(26(32)31-28(34)37-29)27(33)36-17-19-6-2-1-3-7-19/h1-15H,16-18H2,(H,31,32,34)/t29-/m1/s1. The molecule has 0 saturated carbocycles. The van der Waals surface area contributed by atoms with Crippen LogP contribution >= 0.6 is 11.8 Å². The van der Waals surface area contributed by atoms with Gasteiger partial charge < -0.3 is 9.47 Å². The highest BCUT2D eigenvalue weighted by Crippen LogP contribution is 2.37. The van der Waals surface area contributed by atoms with E-state index in [2.05, 4.69) is 5.32 Å². The number of nitrogens with one attached hydrogen (secondary N) is 1. The molecule has 186 valence electrons. The summed E-state index contributed by atoms with van der Waals surface area (Å²) in [5.41, 5.74) is 1.94. The van der Waals surface area contributed by atoms with Crippen LogP contribution in [-0.4, -0.2) is 21.9 Å². The number of thioether (sulfide) groups is 1. The zero-order valence-corrected chi connectivity index (χ0v) is 20.4. The van der Waals surface area contributed by atoms with Crippen molar-refractivity contribution in [2.45, 2.75) is 24.4 Å². The third kappa shape index (κ3) is 5.34. The SMILES string of the molecule is O=C1NC(=O)[C@](Cc2ccc3cc(OCc4ccccc4F)ccc3c2)(C(=O)OCc2ccccc2)S1. The average molecular weight is 516 g/mol. The Hall–Kier alpha value is -4.17. The summed E-state index contributed by atoms with van der Waals surface area (Å²) < 4.78 is 23.4. The fourth-order valence-corrected chi connectivity index (χ4v) is 5.11. The lowest BCUT2D eigenvalue weighted by Crippen LogP contribution is -2.46. The maximum Gasteiger partial charge on any atom is 0.333 e. The van der Waals surface area contributed by atoms with Gasteiger partial charge in [0.25, 0.3) is 11.1 Å². The summed E-state index contributed by atoms with van der Waals surface area (Å²) in [5.74, 6) is -1.18. The molecule has 5 rings (SSSR count). The quantitative estimate of drug-likeness (QED) is 0.244. The molecule has 8 heteroatoms. The smallest absolute Gasteiger partial charge is 0.333 e. The summed E-state index contributed by atoms with van der Waals surface area (Å²) in [5, 5.41) is 3.37. The first-order valence-electron chi connectivity index (χ1n) is 11.6. The molecule has 6 nitrogen and oxygen atoms in total. The molecule has 37 heavy (non-hydrogen) atoms. The number of amides is 2. The molecule has 4 aromatic carbocycles. The third-order valence-electron chi connectivity index (χ3n) is 6.07. The van der Waals surface area contributed by atoms with Crippen LogP contribution in [0, 0.1) is 5.82 Å². The fourth-order valence-electron chi connectivity index (χ4n) is 4.12. The monoisotopic (exact) mass is 515 g/mol.